The molecule has 0 aliphatic carbocycles. The molecular formula is C20H21N3O2. The number of methoxy groups -OCH3 is 1. The number of rotatable bonds is 4. The number of benzene rings is 2. The normalized spacial score (nSPS) is 10.6. The summed E-state index contributed by atoms with van der Waals surface area (Å²) in [6.45, 7) is 6.15. The second-order valence-electron chi connectivity index (χ2n) is 6.11. The SMILES string of the molecule is COc1ccc(-c2cc(Nc3c(C)cc(C)cc3C)nc(=O)[nH]2)cc1. The van der Waals surface area contributed by atoms with Gasteiger partial charge in [0, 0.05) is 11.8 Å². The molecule has 2 N–H and O–H groups in total. The van der Waals surface area contributed by atoms with Crippen molar-refractivity contribution in [3.05, 3.63) is 69.6 Å². The third kappa shape index (κ3) is 3.71. The van der Waals surface area contributed by atoms with Crippen LogP contribution in [0.4, 0.5) is 11.5 Å². The van der Waals surface area contributed by atoms with E-state index in [1.54, 1.807) is 7.11 Å². The minimum absolute atomic E-state index is 0.391. The van der Waals surface area contributed by atoms with E-state index in [1.165, 1.54) is 5.56 Å². The predicted octanol–water partition coefficient (Wildman–Crippen LogP) is 4.11. The van der Waals surface area contributed by atoms with Crippen LogP contribution in [0.25, 0.3) is 11.3 Å². The highest BCUT2D eigenvalue weighted by molar-refractivity contribution is 5.69. The topological polar surface area (TPSA) is 67.0 Å². The van der Waals surface area contributed by atoms with Gasteiger partial charge in [-0.25, -0.2) is 4.79 Å². The number of aryl methyl sites for hydroxylation is 3. The fourth-order valence-electron chi connectivity index (χ4n) is 2.95. The van der Waals surface area contributed by atoms with Crippen LogP contribution in [0.2, 0.25) is 0 Å². The van der Waals surface area contributed by atoms with E-state index >= 15 is 0 Å². The number of hydrogen-bond donors (Lipinski definition) is 2. The maximum absolute atomic E-state index is 12.0. The van der Waals surface area contributed by atoms with E-state index < -0.39 is 5.69 Å². The summed E-state index contributed by atoms with van der Waals surface area (Å²) in [5.41, 5.74) is 5.62. The number of ether oxygens (including phenoxy) is 1. The third-order valence-electron chi connectivity index (χ3n) is 4.08. The minimum Gasteiger partial charge on any atom is -0.497 e. The minimum atomic E-state index is -0.391. The Kier molecular flexibility index (Phi) is 4.57. The molecule has 0 aliphatic rings. The Balaban J connectivity index is 1.98. The Labute approximate surface area is 146 Å². The molecule has 0 saturated carbocycles. The van der Waals surface area contributed by atoms with Crippen LogP contribution in [0.3, 0.4) is 0 Å². The Morgan fingerprint density at radius 1 is 1.00 bits per heavy atom. The summed E-state index contributed by atoms with van der Waals surface area (Å²) in [6, 6.07) is 13.6. The maximum atomic E-state index is 12.0. The smallest absolute Gasteiger partial charge is 0.347 e. The molecule has 5 nitrogen and oxygen atoms in total. The van der Waals surface area contributed by atoms with E-state index in [0.717, 1.165) is 28.1 Å². The molecule has 0 bridgehead atoms. The molecular weight excluding hydrogens is 314 g/mol. The summed E-state index contributed by atoms with van der Waals surface area (Å²) in [7, 11) is 1.62. The van der Waals surface area contributed by atoms with Gasteiger partial charge in [0.2, 0.25) is 0 Å². The van der Waals surface area contributed by atoms with E-state index in [4.69, 9.17) is 4.74 Å². The van der Waals surface area contributed by atoms with Crippen molar-refractivity contribution in [1.82, 2.24) is 9.97 Å². The van der Waals surface area contributed by atoms with Crippen LogP contribution in [0.15, 0.2) is 47.3 Å². The Hall–Kier alpha value is -3.08. The Morgan fingerprint density at radius 3 is 2.24 bits per heavy atom. The van der Waals surface area contributed by atoms with Crippen molar-refractivity contribution in [3.63, 3.8) is 0 Å². The molecule has 2 aromatic carbocycles. The highest BCUT2D eigenvalue weighted by Gasteiger charge is 2.08. The quantitative estimate of drug-likeness (QED) is 0.753. The summed E-state index contributed by atoms with van der Waals surface area (Å²) < 4.78 is 5.17. The number of H-pyrrole nitrogens is 1. The van der Waals surface area contributed by atoms with E-state index in [-0.39, 0.29) is 0 Å². The summed E-state index contributed by atoms with van der Waals surface area (Å²) in [4.78, 5) is 18.8. The van der Waals surface area contributed by atoms with E-state index in [1.807, 2.05) is 44.2 Å². The van der Waals surface area contributed by atoms with Crippen LogP contribution in [0, 0.1) is 20.8 Å². The molecule has 0 aliphatic heterocycles. The van der Waals surface area contributed by atoms with E-state index in [2.05, 4.69) is 34.3 Å². The highest BCUT2D eigenvalue weighted by Crippen LogP contribution is 2.26. The zero-order valence-electron chi connectivity index (χ0n) is 14.8. The van der Waals surface area contributed by atoms with Gasteiger partial charge in [-0.3, -0.25) is 0 Å². The zero-order chi connectivity index (χ0) is 18.0. The van der Waals surface area contributed by atoms with Crippen LogP contribution >= 0.6 is 0 Å². The van der Waals surface area contributed by atoms with Gasteiger partial charge < -0.3 is 15.0 Å². The van der Waals surface area contributed by atoms with Crippen molar-refractivity contribution in [2.45, 2.75) is 20.8 Å². The molecule has 0 atom stereocenters. The maximum Gasteiger partial charge on any atom is 0.347 e. The van der Waals surface area contributed by atoms with Crippen LogP contribution < -0.4 is 15.7 Å². The van der Waals surface area contributed by atoms with E-state index in [0.29, 0.717) is 11.5 Å². The molecule has 5 heteroatoms. The lowest BCUT2D eigenvalue weighted by atomic mass is 10.1. The van der Waals surface area contributed by atoms with Crippen molar-refractivity contribution in [3.8, 4) is 17.0 Å². The summed E-state index contributed by atoms with van der Waals surface area (Å²) in [5.74, 6) is 1.29. The fourth-order valence-corrected chi connectivity index (χ4v) is 2.95. The van der Waals surface area contributed by atoms with Crippen LogP contribution in [-0.2, 0) is 0 Å². The lowest BCUT2D eigenvalue weighted by Crippen LogP contribution is -2.13. The summed E-state index contributed by atoms with van der Waals surface area (Å²) in [6.07, 6.45) is 0. The van der Waals surface area contributed by atoms with Gasteiger partial charge in [-0.05, 0) is 61.7 Å². The van der Waals surface area contributed by atoms with Gasteiger partial charge >= 0.3 is 5.69 Å². The van der Waals surface area contributed by atoms with Gasteiger partial charge in [-0.1, -0.05) is 17.7 Å². The number of aromatic nitrogens is 2. The van der Waals surface area contributed by atoms with Gasteiger partial charge in [-0.15, -0.1) is 0 Å². The van der Waals surface area contributed by atoms with E-state index in [9.17, 15) is 4.79 Å². The second-order valence-corrected chi connectivity index (χ2v) is 6.11. The first kappa shape index (κ1) is 16.8. The number of hydrogen-bond acceptors (Lipinski definition) is 4. The molecule has 1 aromatic heterocycles. The monoisotopic (exact) mass is 335 g/mol. The third-order valence-corrected chi connectivity index (χ3v) is 4.08. The number of nitrogens with one attached hydrogen (secondary N) is 2. The highest BCUT2D eigenvalue weighted by atomic mass is 16.5. The number of nitrogens with zero attached hydrogens (tertiary/aromatic N) is 1. The average molecular weight is 335 g/mol. The van der Waals surface area contributed by atoms with Crippen LogP contribution in [0.1, 0.15) is 16.7 Å². The first-order chi connectivity index (χ1) is 12.0. The first-order valence-electron chi connectivity index (χ1n) is 8.07. The van der Waals surface area contributed by atoms with Crippen molar-refractivity contribution < 1.29 is 4.74 Å². The molecule has 1 heterocycles. The fraction of sp³-hybridized carbons (Fsp3) is 0.200. The Bertz CT molecular complexity index is 936. The van der Waals surface area contributed by atoms with Crippen molar-refractivity contribution >= 4 is 11.5 Å². The lowest BCUT2D eigenvalue weighted by Gasteiger charge is -2.14. The van der Waals surface area contributed by atoms with Gasteiger partial charge in [0.05, 0.1) is 12.8 Å². The van der Waals surface area contributed by atoms with Crippen molar-refractivity contribution in [2.75, 3.05) is 12.4 Å². The second kappa shape index (κ2) is 6.81. The zero-order valence-corrected chi connectivity index (χ0v) is 14.8. The molecule has 128 valence electrons. The molecule has 0 unspecified atom stereocenters. The average Bonchev–Trinajstić information content (AvgIpc) is 2.58. The van der Waals surface area contributed by atoms with Gasteiger partial charge in [0.1, 0.15) is 11.6 Å². The summed E-state index contributed by atoms with van der Waals surface area (Å²) >= 11 is 0. The van der Waals surface area contributed by atoms with Crippen LogP contribution in [-0.4, -0.2) is 17.1 Å². The largest absolute Gasteiger partial charge is 0.497 e. The molecule has 0 saturated heterocycles. The molecule has 25 heavy (non-hydrogen) atoms. The standard InChI is InChI=1S/C20H21N3O2/c1-12-9-13(2)19(14(3)10-12)22-18-11-17(21-20(24)23-18)15-5-7-16(25-4)8-6-15/h5-11H,1-4H3,(H2,21,22,23,24). The molecule has 0 radical (unpaired) electrons. The van der Waals surface area contributed by atoms with Crippen molar-refractivity contribution in [1.29, 1.82) is 0 Å². The van der Waals surface area contributed by atoms with Gasteiger partial charge in [-0.2, -0.15) is 4.98 Å². The number of anilines is 2. The molecule has 3 rings (SSSR count). The van der Waals surface area contributed by atoms with Gasteiger partial charge in [0.25, 0.3) is 0 Å². The Morgan fingerprint density at radius 2 is 1.64 bits per heavy atom. The lowest BCUT2D eigenvalue weighted by molar-refractivity contribution is 0.415. The van der Waals surface area contributed by atoms with Crippen LogP contribution in [0.5, 0.6) is 5.75 Å². The molecule has 0 fully saturated rings. The predicted molar refractivity (Wildman–Crippen MR) is 101 cm³/mol. The van der Waals surface area contributed by atoms with Crippen molar-refractivity contribution in [2.24, 2.45) is 0 Å². The van der Waals surface area contributed by atoms with Gasteiger partial charge in [0.15, 0.2) is 0 Å². The molecule has 0 amide bonds. The summed E-state index contributed by atoms with van der Waals surface area (Å²) in [5, 5.41) is 3.29. The molecule has 3 aromatic rings. The molecule has 0 spiro atoms. The number of aromatic amines is 1. The first-order valence-corrected chi connectivity index (χ1v) is 8.07.